The molecule has 6 nitrogen and oxygen atoms in total. The van der Waals surface area contributed by atoms with Crippen LogP contribution in [0, 0.1) is 19.8 Å². The maximum absolute atomic E-state index is 11.9. The van der Waals surface area contributed by atoms with Crippen molar-refractivity contribution in [2.24, 2.45) is 11.7 Å². The fourth-order valence-electron chi connectivity index (χ4n) is 2.46. The first-order chi connectivity index (χ1) is 8.56. The van der Waals surface area contributed by atoms with Crippen molar-refractivity contribution in [2.45, 2.75) is 45.7 Å². The molecule has 0 spiro atoms. The Hall–Kier alpha value is -1.43. The van der Waals surface area contributed by atoms with Gasteiger partial charge in [0, 0.05) is 18.5 Å². The predicted molar refractivity (Wildman–Crippen MR) is 67.8 cm³/mol. The maximum atomic E-state index is 11.9. The van der Waals surface area contributed by atoms with Crippen molar-refractivity contribution in [3.05, 3.63) is 11.6 Å². The van der Waals surface area contributed by atoms with Gasteiger partial charge in [-0.1, -0.05) is 0 Å². The van der Waals surface area contributed by atoms with Crippen LogP contribution >= 0.6 is 0 Å². The molecule has 0 saturated heterocycles. The molecule has 0 radical (unpaired) electrons. The molecule has 1 aliphatic rings. The molecule has 1 saturated carbocycles. The van der Waals surface area contributed by atoms with Gasteiger partial charge in [0.1, 0.15) is 11.6 Å². The number of aryl methyl sites for hydroxylation is 2. The van der Waals surface area contributed by atoms with Crippen LogP contribution in [0.5, 0.6) is 0 Å². The zero-order valence-electron chi connectivity index (χ0n) is 11.0. The Morgan fingerprint density at radius 1 is 1.50 bits per heavy atom. The summed E-state index contributed by atoms with van der Waals surface area (Å²) in [6.07, 6.45) is 2.68. The van der Waals surface area contributed by atoms with E-state index in [1.54, 1.807) is 0 Å². The lowest BCUT2D eigenvalue weighted by Gasteiger charge is -2.10. The Balaban J connectivity index is 1.75. The molecule has 1 aromatic heterocycles. The Bertz CT molecular complexity index is 428. The summed E-state index contributed by atoms with van der Waals surface area (Å²) in [6, 6.07) is 0.195. The van der Waals surface area contributed by atoms with Crippen LogP contribution in [-0.4, -0.2) is 33.3 Å². The van der Waals surface area contributed by atoms with Gasteiger partial charge in [-0.25, -0.2) is 9.67 Å². The standard InChI is InChI=1S/C12H21N5O/c1-8-15-9(2)17(16-8)6-5-14-12(18)10-3-4-11(13)7-10/h10-11H,3-7,13H2,1-2H3,(H,14,18)/t10-,11+/m0/s1. The number of carbonyl (C=O) groups excluding carboxylic acids is 1. The minimum atomic E-state index is 0.0959. The molecule has 1 heterocycles. The topological polar surface area (TPSA) is 85.8 Å². The molecule has 0 bridgehead atoms. The van der Waals surface area contributed by atoms with E-state index in [1.165, 1.54) is 0 Å². The summed E-state index contributed by atoms with van der Waals surface area (Å²) < 4.78 is 1.82. The van der Waals surface area contributed by atoms with Gasteiger partial charge in [0.2, 0.25) is 5.91 Å². The van der Waals surface area contributed by atoms with Gasteiger partial charge in [0.05, 0.1) is 6.54 Å². The van der Waals surface area contributed by atoms with E-state index in [0.717, 1.165) is 30.9 Å². The van der Waals surface area contributed by atoms with Crippen molar-refractivity contribution in [1.82, 2.24) is 20.1 Å². The van der Waals surface area contributed by atoms with Gasteiger partial charge in [-0.2, -0.15) is 5.10 Å². The predicted octanol–water partition coefficient (Wildman–Crippen LogP) is 0.139. The minimum Gasteiger partial charge on any atom is -0.354 e. The van der Waals surface area contributed by atoms with Gasteiger partial charge in [0.25, 0.3) is 0 Å². The molecule has 0 unspecified atom stereocenters. The fraction of sp³-hybridized carbons (Fsp3) is 0.750. The van der Waals surface area contributed by atoms with Crippen molar-refractivity contribution < 1.29 is 4.79 Å². The van der Waals surface area contributed by atoms with Crippen LogP contribution in [0.4, 0.5) is 0 Å². The molecule has 0 aliphatic heterocycles. The summed E-state index contributed by atoms with van der Waals surface area (Å²) in [7, 11) is 0. The zero-order valence-corrected chi connectivity index (χ0v) is 11.0. The second-order valence-electron chi connectivity index (χ2n) is 4.99. The summed E-state index contributed by atoms with van der Waals surface area (Å²) in [6.45, 7) is 5.03. The first-order valence-electron chi connectivity index (χ1n) is 6.47. The number of nitrogens with two attached hydrogens (primary N) is 1. The molecular formula is C12H21N5O. The summed E-state index contributed by atoms with van der Waals surface area (Å²) in [5.41, 5.74) is 5.80. The number of rotatable bonds is 4. The van der Waals surface area contributed by atoms with Crippen molar-refractivity contribution in [3.63, 3.8) is 0 Å². The molecule has 1 aliphatic carbocycles. The van der Waals surface area contributed by atoms with E-state index < -0.39 is 0 Å². The van der Waals surface area contributed by atoms with Crippen LogP contribution in [0.2, 0.25) is 0 Å². The third-order valence-corrected chi connectivity index (χ3v) is 3.43. The van der Waals surface area contributed by atoms with Crippen LogP contribution in [0.3, 0.4) is 0 Å². The van der Waals surface area contributed by atoms with Crippen LogP contribution in [-0.2, 0) is 11.3 Å². The van der Waals surface area contributed by atoms with Crippen LogP contribution < -0.4 is 11.1 Å². The lowest BCUT2D eigenvalue weighted by Crippen LogP contribution is -2.33. The molecule has 18 heavy (non-hydrogen) atoms. The molecule has 1 aromatic rings. The first kappa shape index (κ1) is 13.0. The zero-order chi connectivity index (χ0) is 13.1. The normalized spacial score (nSPS) is 23.3. The number of carbonyl (C=O) groups is 1. The second-order valence-corrected chi connectivity index (χ2v) is 4.99. The number of nitrogens with zero attached hydrogens (tertiary/aromatic N) is 3. The third-order valence-electron chi connectivity index (χ3n) is 3.43. The van der Waals surface area contributed by atoms with Crippen LogP contribution in [0.15, 0.2) is 0 Å². The number of hydrogen-bond donors (Lipinski definition) is 2. The van der Waals surface area contributed by atoms with E-state index in [2.05, 4.69) is 15.4 Å². The third kappa shape index (κ3) is 3.07. The smallest absolute Gasteiger partial charge is 0.223 e. The fourth-order valence-corrected chi connectivity index (χ4v) is 2.46. The summed E-state index contributed by atoms with van der Waals surface area (Å²) >= 11 is 0. The SMILES string of the molecule is Cc1nc(C)n(CCNC(=O)[C@H]2CC[C@@H](N)C2)n1. The second kappa shape index (κ2) is 5.48. The number of hydrogen-bond acceptors (Lipinski definition) is 4. The lowest BCUT2D eigenvalue weighted by atomic mass is 10.1. The minimum absolute atomic E-state index is 0.0959. The summed E-state index contributed by atoms with van der Waals surface area (Å²) in [4.78, 5) is 16.1. The van der Waals surface area contributed by atoms with Gasteiger partial charge in [-0.15, -0.1) is 0 Å². The number of amides is 1. The molecule has 3 N–H and O–H groups in total. The number of nitrogens with one attached hydrogen (secondary N) is 1. The highest BCUT2D eigenvalue weighted by atomic mass is 16.1. The van der Waals surface area contributed by atoms with Crippen molar-refractivity contribution in [1.29, 1.82) is 0 Å². The van der Waals surface area contributed by atoms with Crippen LogP contribution in [0.1, 0.15) is 30.9 Å². The Morgan fingerprint density at radius 2 is 2.28 bits per heavy atom. The van der Waals surface area contributed by atoms with E-state index in [4.69, 9.17) is 5.73 Å². The average Bonchev–Trinajstić information content (AvgIpc) is 2.86. The monoisotopic (exact) mass is 251 g/mol. The van der Waals surface area contributed by atoms with E-state index in [-0.39, 0.29) is 17.9 Å². The molecule has 6 heteroatoms. The van der Waals surface area contributed by atoms with Crippen molar-refractivity contribution in [2.75, 3.05) is 6.54 Å². The van der Waals surface area contributed by atoms with Crippen LogP contribution in [0.25, 0.3) is 0 Å². The first-order valence-corrected chi connectivity index (χ1v) is 6.47. The van der Waals surface area contributed by atoms with E-state index in [9.17, 15) is 4.79 Å². The molecule has 1 amide bonds. The highest BCUT2D eigenvalue weighted by molar-refractivity contribution is 5.78. The highest BCUT2D eigenvalue weighted by Gasteiger charge is 2.27. The summed E-state index contributed by atoms with van der Waals surface area (Å²) in [5, 5.41) is 7.20. The van der Waals surface area contributed by atoms with Gasteiger partial charge in [-0.05, 0) is 33.1 Å². The molecular weight excluding hydrogens is 230 g/mol. The molecule has 100 valence electrons. The average molecular weight is 251 g/mol. The van der Waals surface area contributed by atoms with Gasteiger partial charge >= 0.3 is 0 Å². The quantitative estimate of drug-likeness (QED) is 0.797. The largest absolute Gasteiger partial charge is 0.354 e. The molecule has 2 atom stereocenters. The highest BCUT2D eigenvalue weighted by Crippen LogP contribution is 2.23. The number of aromatic nitrogens is 3. The van der Waals surface area contributed by atoms with Crippen molar-refractivity contribution >= 4 is 5.91 Å². The van der Waals surface area contributed by atoms with E-state index in [0.29, 0.717) is 13.1 Å². The maximum Gasteiger partial charge on any atom is 0.223 e. The lowest BCUT2D eigenvalue weighted by molar-refractivity contribution is -0.124. The van der Waals surface area contributed by atoms with Gasteiger partial charge in [-0.3, -0.25) is 4.79 Å². The molecule has 2 rings (SSSR count). The molecule has 1 fully saturated rings. The van der Waals surface area contributed by atoms with Gasteiger partial charge in [0.15, 0.2) is 0 Å². The van der Waals surface area contributed by atoms with E-state index >= 15 is 0 Å². The Labute approximate surface area is 107 Å². The molecule has 0 aromatic carbocycles. The Morgan fingerprint density at radius 3 is 2.83 bits per heavy atom. The summed E-state index contributed by atoms with van der Waals surface area (Å²) in [5.74, 6) is 1.86. The van der Waals surface area contributed by atoms with Gasteiger partial charge < -0.3 is 11.1 Å². The van der Waals surface area contributed by atoms with E-state index in [1.807, 2.05) is 18.5 Å². The van der Waals surface area contributed by atoms with Crippen molar-refractivity contribution in [3.8, 4) is 0 Å². The Kier molecular flexibility index (Phi) is 3.96.